The lowest BCUT2D eigenvalue weighted by Crippen LogP contribution is -2.52. The molecule has 0 unspecified atom stereocenters. The highest BCUT2D eigenvalue weighted by Gasteiger charge is 2.50. The second-order valence-corrected chi connectivity index (χ2v) is 7.96. The molecule has 134 valence electrons. The van der Waals surface area contributed by atoms with Gasteiger partial charge in [-0.25, -0.2) is 0 Å². The average Bonchev–Trinajstić information content (AvgIpc) is 3.32. The van der Waals surface area contributed by atoms with Gasteiger partial charge >= 0.3 is 0 Å². The molecule has 2 heterocycles. The summed E-state index contributed by atoms with van der Waals surface area (Å²) in [4.78, 5) is 34.2. The Balaban J connectivity index is 1.67. The number of amidine groups is 1. The van der Waals surface area contributed by atoms with Crippen molar-refractivity contribution in [2.24, 2.45) is 10.9 Å². The maximum Gasteiger partial charge on any atom is 0.256 e. The summed E-state index contributed by atoms with van der Waals surface area (Å²) in [6, 6.07) is 0.155. The number of piperidine rings is 1. The van der Waals surface area contributed by atoms with E-state index in [-0.39, 0.29) is 17.9 Å². The average molecular weight is 333 g/mol. The molecule has 5 nitrogen and oxygen atoms in total. The molecule has 2 aliphatic heterocycles. The van der Waals surface area contributed by atoms with E-state index in [2.05, 4.69) is 20.8 Å². The van der Waals surface area contributed by atoms with Crippen molar-refractivity contribution in [3.05, 3.63) is 0 Å². The van der Waals surface area contributed by atoms with Crippen LogP contribution in [0.15, 0.2) is 4.99 Å². The molecule has 1 spiro atoms. The second kappa shape index (κ2) is 6.85. The molecule has 0 atom stereocenters. The first kappa shape index (κ1) is 17.4. The zero-order valence-electron chi connectivity index (χ0n) is 15.4. The lowest BCUT2D eigenvalue weighted by Gasteiger charge is -2.37. The van der Waals surface area contributed by atoms with E-state index >= 15 is 0 Å². The highest BCUT2D eigenvalue weighted by Crippen LogP contribution is 2.37. The highest BCUT2D eigenvalue weighted by atomic mass is 16.2. The van der Waals surface area contributed by atoms with Crippen molar-refractivity contribution in [3.8, 4) is 0 Å². The Hall–Kier alpha value is -1.39. The lowest BCUT2D eigenvalue weighted by atomic mass is 9.87. The fraction of sp³-hybridized carbons (Fsp3) is 0.842. The van der Waals surface area contributed by atoms with Crippen molar-refractivity contribution < 1.29 is 9.59 Å². The monoisotopic (exact) mass is 333 g/mol. The number of hydrogen-bond donors (Lipinski definition) is 0. The maximum absolute atomic E-state index is 13.1. The van der Waals surface area contributed by atoms with Gasteiger partial charge in [0, 0.05) is 32.0 Å². The van der Waals surface area contributed by atoms with Gasteiger partial charge in [-0.05, 0) is 51.9 Å². The van der Waals surface area contributed by atoms with Crippen LogP contribution in [0.25, 0.3) is 0 Å². The Morgan fingerprint density at radius 3 is 2.50 bits per heavy atom. The van der Waals surface area contributed by atoms with E-state index in [4.69, 9.17) is 4.99 Å². The summed E-state index contributed by atoms with van der Waals surface area (Å²) in [5, 5.41) is 0. The smallest absolute Gasteiger partial charge is 0.256 e. The number of nitrogens with zero attached hydrogens (tertiary/aromatic N) is 3. The number of carbonyl (C=O) groups excluding carboxylic acids is 2. The van der Waals surface area contributed by atoms with E-state index in [9.17, 15) is 9.59 Å². The van der Waals surface area contributed by atoms with E-state index in [0.29, 0.717) is 38.3 Å². The third-order valence-corrected chi connectivity index (χ3v) is 5.61. The summed E-state index contributed by atoms with van der Waals surface area (Å²) >= 11 is 0. The van der Waals surface area contributed by atoms with Crippen LogP contribution in [0.3, 0.4) is 0 Å². The SMILES string of the molecule is CCCCC1=NC2(CCN(C(=O)CC3CC3)CC2)C(=O)N1C(C)C. The van der Waals surface area contributed by atoms with Crippen LogP contribution in [0.4, 0.5) is 0 Å². The summed E-state index contributed by atoms with van der Waals surface area (Å²) in [6.07, 6.45) is 7.53. The van der Waals surface area contributed by atoms with Gasteiger partial charge in [0.2, 0.25) is 5.91 Å². The van der Waals surface area contributed by atoms with Crippen molar-refractivity contribution >= 4 is 17.6 Å². The van der Waals surface area contributed by atoms with Crippen LogP contribution in [0.5, 0.6) is 0 Å². The van der Waals surface area contributed by atoms with Crippen molar-refractivity contribution in [2.45, 2.75) is 83.7 Å². The summed E-state index contributed by atoms with van der Waals surface area (Å²) < 4.78 is 0. The zero-order chi connectivity index (χ0) is 17.3. The van der Waals surface area contributed by atoms with Crippen molar-refractivity contribution in [3.63, 3.8) is 0 Å². The third kappa shape index (κ3) is 3.35. The molecule has 0 aromatic carbocycles. The van der Waals surface area contributed by atoms with Gasteiger partial charge in [0.15, 0.2) is 0 Å². The number of hydrogen-bond acceptors (Lipinski definition) is 3. The molecule has 2 amide bonds. The molecule has 1 saturated carbocycles. The molecule has 0 aromatic heterocycles. The Labute approximate surface area is 145 Å². The molecule has 0 N–H and O–H groups in total. The van der Waals surface area contributed by atoms with Gasteiger partial charge in [-0.15, -0.1) is 0 Å². The summed E-state index contributed by atoms with van der Waals surface area (Å²) in [5.74, 6) is 2.03. The number of aliphatic imine (C=N–C) groups is 1. The molecular weight excluding hydrogens is 302 g/mol. The predicted molar refractivity (Wildman–Crippen MR) is 94.8 cm³/mol. The molecule has 5 heteroatoms. The normalized spacial score (nSPS) is 23.3. The number of rotatable bonds is 6. The Morgan fingerprint density at radius 2 is 1.96 bits per heavy atom. The molecule has 0 radical (unpaired) electrons. The highest BCUT2D eigenvalue weighted by molar-refractivity contribution is 6.08. The van der Waals surface area contributed by atoms with Gasteiger partial charge in [0.1, 0.15) is 11.4 Å². The molecule has 1 aliphatic carbocycles. The number of carbonyl (C=O) groups is 2. The van der Waals surface area contributed by atoms with Crippen LogP contribution >= 0.6 is 0 Å². The van der Waals surface area contributed by atoms with Crippen molar-refractivity contribution in [1.82, 2.24) is 9.80 Å². The van der Waals surface area contributed by atoms with Gasteiger partial charge in [0.25, 0.3) is 5.91 Å². The van der Waals surface area contributed by atoms with Gasteiger partial charge in [0.05, 0.1) is 0 Å². The van der Waals surface area contributed by atoms with Crippen LogP contribution in [-0.2, 0) is 9.59 Å². The van der Waals surface area contributed by atoms with Crippen LogP contribution in [0, 0.1) is 5.92 Å². The number of amides is 2. The molecule has 0 aromatic rings. The minimum atomic E-state index is -0.594. The van der Waals surface area contributed by atoms with Crippen LogP contribution in [0.1, 0.15) is 72.1 Å². The standard InChI is InChI=1S/C19H31N3O2/c1-4-5-6-16-20-19(18(24)22(16)14(2)3)9-11-21(12-10-19)17(23)13-15-7-8-15/h14-15H,4-13H2,1-3H3. The molecule has 24 heavy (non-hydrogen) atoms. The van der Waals surface area contributed by atoms with Gasteiger partial charge in [-0.3, -0.25) is 19.5 Å². The molecule has 0 bridgehead atoms. The summed E-state index contributed by atoms with van der Waals surface area (Å²) in [6.45, 7) is 7.64. The third-order valence-electron chi connectivity index (χ3n) is 5.61. The van der Waals surface area contributed by atoms with E-state index in [0.717, 1.165) is 25.1 Å². The maximum atomic E-state index is 13.1. The van der Waals surface area contributed by atoms with E-state index in [1.54, 1.807) is 0 Å². The summed E-state index contributed by atoms with van der Waals surface area (Å²) in [7, 11) is 0. The van der Waals surface area contributed by atoms with Crippen molar-refractivity contribution in [1.29, 1.82) is 0 Å². The minimum Gasteiger partial charge on any atom is -0.342 e. The van der Waals surface area contributed by atoms with Gasteiger partial charge in [-0.2, -0.15) is 0 Å². The number of unbranched alkanes of at least 4 members (excludes halogenated alkanes) is 1. The lowest BCUT2D eigenvalue weighted by molar-refractivity contribution is -0.139. The van der Waals surface area contributed by atoms with Gasteiger partial charge < -0.3 is 4.90 Å². The Bertz CT molecular complexity index is 529. The largest absolute Gasteiger partial charge is 0.342 e. The fourth-order valence-corrected chi connectivity index (χ4v) is 3.88. The van der Waals surface area contributed by atoms with Crippen LogP contribution in [-0.4, -0.2) is 52.1 Å². The first-order valence-corrected chi connectivity index (χ1v) is 9.67. The second-order valence-electron chi connectivity index (χ2n) is 7.96. The van der Waals surface area contributed by atoms with Crippen LogP contribution < -0.4 is 0 Å². The number of likely N-dealkylation sites (tertiary alicyclic amines) is 1. The Morgan fingerprint density at radius 1 is 1.29 bits per heavy atom. The molecule has 2 fully saturated rings. The topological polar surface area (TPSA) is 53.0 Å². The molecule has 3 rings (SSSR count). The first-order valence-electron chi connectivity index (χ1n) is 9.67. The zero-order valence-corrected chi connectivity index (χ0v) is 15.4. The van der Waals surface area contributed by atoms with E-state index < -0.39 is 5.54 Å². The first-order chi connectivity index (χ1) is 11.5. The van der Waals surface area contributed by atoms with Crippen molar-refractivity contribution in [2.75, 3.05) is 13.1 Å². The molecule has 1 saturated heterocycles. The van der Waals surface area contributed by atoms with E-state index in [1.165, 1.54) is 12.8 Å². The quantitative estimate of drug-likeness (QED) is 0.750. The molecule has 3 aliphatic rings. The van der Waals surface area contributed by atoms with Gasteiger partial charge in [-0.1, -0.05) is 13.3 Å². The fourth-order valence-electron chi connectivity index (χ4n) is 3.88. The molecular formula is C19H31N3O2. The van der Waals surface area contributed by atoms with E-state index in [1.807, 2.05) is 9.80 Å². The van der Waals surface area contributed by atoms with Crippen LogP contribution in [0.2, 0.25) is 0 Å². The predicted octanol–water partition coefficient (Wildman–Crippen LogP) is 2.99. The Kier molecular flexibility index (Phi) is 4.97. The minimum absolute atomic E-state index is 0.155. The summed E-state index contributed by atoms with van der Waals surface area (Å²) in [5.41, 5.74) is -0.594.